The van der Waals surface area contributed by atoms with Crippen LogP contribution in [0.15, 0.2) is 17.1 Å². The van der Waals surface area contributed by atoms with Crippen LogP contribution in [-0.4, -0.2) is 43.2 Å². The lowest BCUT2D eigenvalue weighted by molar-refractivity contribution is -0.120. The number of carbonyl (C=O) groups is 1. The van der Waals surface area contributed by atoms with Crippen LogP contribution in [0.1, 0.15) is 20.3 Å². The molecule has 0 radical (unpaired) electrons. The van der Waals surface area contributed by atoms with Crippen molar-refractivity contribution in [3.8, 4) is 0 Å². The van der Waals surface area contributed by atoms with Crippen molar-refractivity contribution < 1.29 is 14.6 Å². The maximum Gasteiger partial charge on any atom is 0.223 e. The lowest BCUT2D eigenvalue weighted by Crippen LogP contribution is -2.25. The highest BCUT2D eigenvalue weighted by molar-refractivity contribution is 6.68. The summed E-state index contributed by atoms with van der Waals surface area (Å²) < 4.78 is 4.68. The predicted octanol–water partition coefficient (Wildman–Crippen LogP) is 1.31. The molecule has 0 aromatic rings. The second kappa shape index (κ2) is 15.1. The molecule has 17 heavy (non-hydrogen) atoms. The Morgan fingerprint density at radius 3 is 2.71 bits per heavy atom. The average Bonchev–Trinajstić information content (AvgIpc) is 2.36. The third-order valence-electron chi connectivity index (χ3n) is 1.34. The van der Waals surface area contributed by atoms with Gasteiger partial charge in [-0.15, -0.1) is 0 Å². The van der Waals surface area contributed by atoms with E-state index >= 15 is 0 Å². The molecule has 0 atom stereocenters. The maximum absolute atomic E-state index is 11.0. The number of ether oxygens (including phenoxy) is 1. The molecule has 0 bridgehead atoms. The quantitative estimate of drug-likeness (QED) is 0.681. The number of aliphatic hydroxyl groups is 1. The van der Waals surface area contributed by atoms with E-state index in [0.717, 1.165) is 0 Å². The summed E-state index contributed by atoms with van der Waals surface area (Å²) in [6, 6.07) is 0. The molecule has 0 aliphatic carbocycles. The number of methoxy groups -OCH3 is 1. The van der Waals surface area contributed by atoms with Crippen molar-refractivity contribution in [3.63, 3.8) is 0 Å². The average molecular weight is 265 g/mol. The number of aliphatic imine (C=N–C) groups is 1. The summed E-state index contributed by atoms with van der Waals surface area (Å²) in [7, 11) is 1.51. The van der Waals surface area contributed by atoms with Crippen LogP contribution in [0.25, 0.3) is 0 Å². The third kappa shape index (κ3) is 15.1. The third-order valence-corrected chi connectivity index (χ3v) is 1.58. The van der Waals surface area contributed by atoms with E-state index in [1.165, 1.54) is 13.2 Å². The van der Waals surface area contributed by atoms with Gasteiger partial charge in [0.05, 0.1) is 6.61 Å². The molecule has 0 aliphatic heterocycles. The van der Waals surface area contributed by atoms with Gasteiger partial charge in [-0.3, -0.25) is 4.79 Å². The molecule has 0 rings (SSSR count). The molecule has 0 aromatic carbocycles. The Balaban J connectivity index is 0. The molecule has 0 aliphatic rings. The van der Waals surface area contributed by atoms with Gasteiger partial charge in [-0.05, 0) is 6.08 Å². The summed E-state index contributed by atoms with van der Waals surface area (Å²) in [6.45, 7) is 4.39. The van der Waals surface area contributed by atoms with Crippen molar-refractivity contribution in [1.29, 1.82) is 0 Å². The number of aliphatic hydroxyl groups excluding tert-OH is 1. The first kappa shape index (κ1) is 18.5. The second-order valence-electron chi connectivity index (χ2n) is 2.58. The van der Waals surface area contributed by atoms with E-state index in [9.17, 15) is 4.79 Å². The standard InChI is InChI=1S/C9H15ClN2O3.C2H6/c1-15-7-12-8(10)3-2-4-9(14)11-5-6-13;1-2/h2-3,13H,4-7H2,1H3,(H,11,14);1-2H3/b3-2-,12-8+;. The second-order valence-corrected chi connectivity index (χ2v) is 2.97. The van der Waals surface area contributed by atoms with Gasteiger partial charge in [0.1, 0.15) is 11.9 Å². The van der Waals surface area contributed by atoms with Gasteiger partial charge >= 0.3 is 0 Å². The van der Waals surface area contributed by atoms with Crippen molar-refractivity contribution in [2.45, 2.75) is 20.3 Å². The van der Waals surface area contributed by atoms with Gasteiger partial charge in [0.25, 0.3) is 0 Å². The Morgan fingerprint density at radius 1 is 1.53 bits per heavy atom. The molecule has 0 aromatic heterocycles. The summed E-state index contributed by atoms with van der Waals surface area (Å²) in [5.74, 6) is -0.170. The van der Waals surface area contributed by atoms with Crippen LogP contribution in [0.2, 0.25) is 0 Å². The lowest BCUT2D eigenvalue weighted by Gasteiger charge is -1.98. The first-order valence-electron chi connectivity index (χ1n) is 5.43. The molecule has 0 fully saturated rings. The van der Waals surface area contributed by atoms with Gasteiger partial charge in [0.15, 0.2) is 0 Å². The molecule has 0 saturated heterocycles. The van der Waals surface area contributed by atoms with Gasteiger partial charge < -0.3 is 15.2 Å². The molecule has 1 amide bonds. The Kier molecular flexibility index (Phi) is 16.4. The van der Waals surface area contributed by atoms with Gasteiger partial charge in [-0.2, -0.15) is 0 Å². The minimum Gasteiger partial charge on any atom is -0.395 e. The van der Waals surface area contributed by atoms with Gasteiger partial charge in [-0.1, -0.05) is 31.5 Å². The SMILES string of the molecule is CC.COC/N=C(Cl)\C=C/CC(=O)NCCO. The summed E-state index contributed by atoms with van der Waals surface area (Å²) in [4.78, 5) is 14.8. The van der Waals surface area contributed by atoms with E-state index in [1.807, 2.05) is 13.8 Å². The topological polar surface area (TPSA) is 70.9 Å². The lowest BCUT2D eigenvalue weighted by atomic mass is 10.3. The minimum atomic E-state index is -0.170. The smallest absolute Gasteiger partial charge is 0.223 e. The summed E-state index contributed by atoms with van der Waals surface area (Å²) in [6.07, 6.45) is 3.33. The molecule has 0 unspecified atom stereocenters. The van der Waals surface area contributed by atoms with Gasteiger partial charge in [-0.25, -0.2) is 4.99 Å². The van der Waals surface area contributed by atoms with Crippen LogP contribution < -0.4 is 5.32 Å². The Bertz CT molecular complexity index is 243. The summed E-state index contributed by atoms with van der Waals surface area (Å²) in [5, 5.41) is 11.2. The first-order valence-corrected chi connectivity index (χ1v) is 5.81. The highest BCUT2D eigenvalue weighted by Crippen LogP contribution is 1.91. The number of halogens is 1. The van der Waals surface area contributed by atoms with E-state index in [0.29, 0.717) is 0 Å². The molecule has 2 N–H and O–H groups in total. The zero-order chi connectivity index (χ0) is 13.5. The maximum atomic E-state index is 11.0. The fourth-order valence-electron chi connectivity index (χ4n) is 0.710. The monoisotopic (exact) mass is 264 g/mol. The van der Waals surface area contributed by atoms with Crippen molar-refractivity contribution in [2.75, 3.05) is 27.0 Å². The number of amides is 1. The predicted molar refractivity (Wildman–Crippen MR) is 70.4 cm³/mol. The van der Waals surface area contributed by atoms with E-state index < -0.39 is 0 Å². The van der Waals surface area contributed by atoms with Crippen LogP contribution in [0.3, 0.4) is 0 Å². The van der Waals surface area contributed by atoms with Gasteiger partial charge in [0, 0.05) is 20.1 Å². The molecule has 5 nitrogen and oxygen atoms in total. The zero-order valence-electron chi connectivity index (χ0n) is 10.6. The van der Waals surface area contributed by atoms with Crippen molar-refractivity contribution >= 4 is 22.7 Å². The fraction of sp³-hybridized carbons (Fsp3) is 0.636. The summed E-state index contributed by atoms with van der Waals surface area (Å²) >= 11 is 5.66. The van der Waals surface area contributed by atoms with Crippen LogP contribution in [-0.2, 0) is 9.53 Å². The number of nitrogens with one attached hydrogen (secondary N) is 1. The van der Waals surface area contributed by atoms with Crippen LogP contribution in [0, 0.1) is 0 Å². The van der Waals surface area contributed by atoms with Crippen molar-refractivity contribution in [2.24, 2.45) is 4.99 Å². The normalized spacial score (nSPS) is 11.0. The van der Waals surface area contributed by atoms with Crippen LogP contribution in [0.5, 0.6) is 0 Å². The summed E-state index contributed by atoms with van der Waals surface area (Å²) in [5.41, 5.74) is 0. The highest BCUT2D eigenvalue weighted by Gasteiger charge is 1.95. The number of nitrogens with zero attached hydrogens (tertiary/aromatic N) is 1. The van der Waals surface area contributed by atoms with Crippen molar-refractivity contribution in [3.05, 3.63) is 12.2 Å². The number of carbonyl (C=O) groups excluding carboxylic acids is 1. The number of hydrogen-bond donors (Lipinski definition) is 2. The molecular formula is C11H21ClN2O3. The van der Waals surface area contributed by atoms with Crippen LogP contribution >= 0.6 is 11.6 Å². The highest BCUT2D eigenvalue weighted by atomic mass is 35.5. The Morgan fingerprint density at radius 2 is 2.18 bits per heavy atom. The Labute approximate surface area is 108 Å². The molecule has 0 saturated carbocycles. The molecular weight excluding hydrogens is 244 g/mol. The van der Waals surface area contributed by atoms with E-state index in [2.05, 4.69) is 15.0 Å². The number of hydrogen-bond acceptors (Lipinski definition) is 4. The molecule has 100 valence electrons. The largest absolute Gasteiger partial charge is 0.395 e. The molecule has 0 heterocycles. The Hall–Kier alpha value is -0.910. The zero-order valence-corrected chi connectivity index (χ0v) is 11.3. The number of allylic oxidation sites excluding steroid dienone is 1. The van der Waals surface area contributed by atoms with E-state index in [4.69, 9.17) is 16.7 Å². The number of rotatable bonds is 7. The molecule has 0 spiro atoms. The fourth-order valence-corrected chi connectivity index (χ4v) is 0.848. The van der Waals surface area contributed by atoms with E-state index in [1.54, 1.807) is 6.08 Å². The molecule has 6 heteroatoms. The minimum absolute atomic E-state index is 0.0640. The van der Waals surface area contributed by atoms with Gasteiger partial charge in [0.2, 0.25) is 5.91 Å². The first-order chi connectivity index (χ1) is 8.20. The van der Waals surface area contributed by atoms with E-state index in [-0.39, 0.29) is 37.4 Å². The van der Waals surface area contributed by atoms with Crippen molar-refractivity contribution in [1.82, 2.24) is 5.32 Å². The van der Waals surface area contributed by atoms with Crippen LogP contribution in [0.4, 0.5) is 0 Å².